The molecule has 2 saturated heterocycles. The Morgan fingerprint density at radius 2 is 1.17 bits per heavy atom. The topological polar surface area (TPSA) is 182 Å². The Bertz CT molecular complexity index is 774. The lowest BCUT2D eigenvalue weighted by molar-refractivity contribution is -0.147. The third-order valence-electron chi connectivity index (χ3n) is 6.77. The molecule has 54 heavy (non-hydrogen) atoms. The number of aliphatic hydroxyl groups is 4. The van der Waals surface area contributed by atoms with E-state index in [-0.39, 0.29) is 98.7 Å². The number of rotatable bonds is 25. The highest BCUT2D eigenvalue weighted by atomic mass is 16.7. The van der Waals surface area contributed by atoms with Crippen molar-refractivity contribution in [3.8, 4) is 0 Å². The van der Waals surface area contributed by atoms with Crippen LogP contribution in [0.25, 0.3) is 0 Å². The maximum Gasteiger partial charge on any atom is 0.163 e. The van der Waals surface area contributed by atoms with E-state index in [1.165, 1.54) is 0 Å². The molecule has 6 atom stereocenters. The molecule has 0 aliphatic carbocycles. The Morgan fingerprint density at radius 3 is 1.65 bits per heavy atom. The number of hydrogen-bond donors (Lipinski definition) is 4. The molecule has 6 unspecified atom stereocenters. The summed E-state index contributed by atoms with van der Waals surface area (Å²) >= 11 is 0. The SMILES string of the molecule is C.C.C.C.C=CCOCC(COCC1COC(C)(C)O1)OCC.CCOC(CO)COCC(O)CO.CCOC(CO)COCC1COCC(C)(C)CO1. The zero-order valence-corrected chi connectivity index (χ0v) is 31.8. The standard InChI is InChI=1S/C14H26O5.C13H26O5.C8H18O5.4CH4/c1-5-7-15-8-12(17-6-2)9-16-10-13-11-18-14(3,4)19-13;1-4-17-11(5-14)6-15-7-12-8-16-9-13(2,3)10-18-12;1-2-13-8(4-10)6-12-5-7(11)3-9;;;;/h5,12-13H,1,6-11H2,2-4H3;11-12,14H,4-10H2,1-3H3;7-11H,2-6H2,1H3;4*1H4. The molecule has 2 fully saturated rings. The summed E-state index contributed by atoms with van der Waals surface area (Å²) in [7, 11) is 0. The van der Waals surface area contributed by atoms with Gasteiger partial charge in [-0.3, -0.25) is 0 Å². The summed E-state index contributed by atoms with van der Waals surface area (Å²) in [5, 5.41) is 35.2. The van der Waals surface area contributed by atoms with Crippen molar-refractivity contribution in [2.75, 3.05) is 119 Å². The second kappa shape index (κ2) is 39.0. The second-order valence-electron chi connectivity index (χ2n) is 12.9. The van der Waals surface area contributed by atoms with Crippen LogP contribution in [0.4, 0.5) is 0 Å². The maximum atomic E-state index is 9.05. The van der Waals surface area contributed by atoms with Crippen LogP contribution in [0.1, 0.15) is 78.2 Å². The van der Waals surface area contributed by atoms with E-state index < -0.39 is 11.9 Å². The van der Waals surface area contributed by atoms with Gasteiger partial charge in [0.15, 0.2) is 5.79 Å². The summed E-state index contributed by atoms with van der Waals surface area (Å²) < 4.78 is 59.9. The third-order valence-corrected chi connectivity index (χ3v) is 6.77. The maximum absolute atomic E-state index is 9.05. The zero-order chi connectivity index (χ0) is 37.7. The Balaban J connectivity index is -0.000000218. The van der Waals surface area contributed by atoms with Gasteiger partial charge in [0, 0.05) is 25.2 Å². The predicted molar refractivity (Wildman–Crippen MR) is 213 cm³/mol. The Hall–Kier alpha value is -0.860. The second-order valence-corrected chi connectivity index (χ2v) is 12.9. The number of hydrogen-bond acceptors (Lipinski definition) is 15. The van der Waals surface area contributed by atoms with Crippen LogP contribution in [-0.2, 0) is 52.1 Å². The molecule has 0 bridgehead atoms. The van der Waals surface area contributed by atoms with Crippen LogP contribution in [0.15, 0.2) is 12.7 Å². The van der Waals surface area contributed by atoms with Gasteiger partial charge < -0.3 is 72.5 Å². The minimum absolute atomic E-state index is 0. The Morgan fingerprint density at radius 1 is 0.667 bits per heavy atom. The fraction of sp³-hybridized carbons (Fsp3) is 0.949. The van der Waals surface area contributed by atoms with Crippen molar-refractivity contribution in [2.24, 2.45) is 5.41 Å². The summed E-state index contributed by atoms with van der Waals surface area (Å²) in [6.45, 7) is 24.3. The summed E-state index contributed by atoms with van der Waals surface area (Å²) in [6.07, 6.45) is 0.157. The highest BCUT2D eigenvalue weighted by Gasteiger charge is 2.32. The molecule has 2 rings (SSSR count). The fourth-order valence-electron chi connectivity index (χ4n) is 4.33. The van der Waals surface area contributed by atoms with E-state index in [1.54, 1.807) is 6.08 Å². The lowest BCUT2D eigenvalue weighted by Gasteiger charge is -2.21. The molecule has 332 valence electrons. The van der Waals surface area contributed by atoms with E-state index in [2.05, 4.69) is 20.4 Å². The molecule has 15 heteroatoms. The highest BCUT2D eigenvalue weighted by molar-refractivity contribution is 4.73. The van der Waals surface area contributed by atoms with Crippen molar-refractivity contribution >= 4 is 0 Å². The molecule has 0 radical (unpaired) electrons. The molecule has 0 aromatic heterocycles. The quantitative estimate of drug-likeness (QED) is 0.0771. The van der Waals surface area contributed by atoms with Gasteiger partial charge in [0.05, 0.1) is 99.1 Å². The van der Waals surface area contributed by atoms with Crippen LogP contribution in [0.3, 0.4) is 0 Å². The van der Waals surface area contributed by atoms with Crippen LogP contribution in [0.2, 0.25) is 0 Å². The van der Waals surface area contributed by atoms with E-state index in [1.807, 2.05) is 34.6 Å². The van der Waals surface area contributed by atoms with Gasteiger partial charge in [-0.05, 0) is 34.6 Å². The molecule has 0 spiro atoms. The van der Waals surface area contributed by atoms with E-state index >= 15 is 0 Å². The summed E-state index contributed by atoms with van der Waals surface area (Å²) in [5.74, 6) is -0.500. The van der Waals surface area contributed by atoms with Crippen molar-refractivity contribution in [1.82, 2.24) is 0 Å². The van der Waals surface area contributed by atoms with Gasteiger partial charge in [-0.1, -0.05) is 49.6 Å². The van der Waals surface area contributed by atoms with Gasteiger partial charge >= 0.3 is 0 Å². The Labute approximate surface area is 329 Å². The largest absolute Gasteiger partial charge is 0.394 e. The van der Waals surface area contributed by atoms with Gasteiger partial charge in [-0.15, -0.1) is 6.58 Å². The average molecular weight is 795 g/mol. The summed E-state index contributed by atoms with van der Waals surface area (Å²) in [4.78, 5) is 0. The van der Waals surface area contributed by atoms with E-state index in [9.17, 15) is 0 Å². The average Bonchev–Trinajstić information content (AvgIpc) is 3.34. The molecule has 4 N–H and O–H groups in total. The zero-order valence-electron chi connectivity index (χ0n) is 31.8. The van der Waals surface area contributed by atoms with Crippen molar-refractivity contribution < 1.29 is 72.5 Å². The normalized spacial score (nSPS) is 20.6. The van der Waals surface area contributed by atoms with E-state index in [0.717, 1.165) is 0 Å². The first kappa shape index (κ1) is 62.3. The van der Waals surface area contributed by atoms with Gasteiger partial charge in [-0.25, -0.2) is 0 Å². The number of aliphatic hydroxyl groups excluding tert-OH is 4. The van der Waals surface area contributed by atoms with Crippen molar-refractivity contribution in [3.05, 3.63) is 12.7 Å². The van der Waals surface area contributed by atoms with Crippen LogP contribution in [-0.4, -0.2) is 182 Å². The monoisotopic (exact) mass is 795 g/mol. The van der Waals surface area contributed by atoms with Gasteiger partial charge in [0.1, 0.15) is 36.6 Å². The fourth-order valence-corrected chi connectivity index (χ4v) is 4.33. The van der Waals surface area contributed by atoms with E-state index in [4.69, 9.17) is 72.5 Å². The molecule has 2 aliphatic rings. The molecular weight excluding hydrogens is 708 g/mol. The van der Waals surface area contributed by atoms with Crippen LogP contribution in [0, 0.1) is 5.41 Å². The first-order chi connectivity index (χ1) is 23.9. The molecule has 2 aliphatic heterocycles. The molecule has 2 heterocycles. The van der Waals surface area contributed by atoms with Gasteiger partial charge in [0.25, 0.3) is 0 Å². The molecule has 0 saturated carbocycles. The summed E-state index contributed by atoms with van der Waals surface area (Å²) in [5.41, 5.74) is 0.0632. The summed E-state index contributed by atoms with van der Waals surface area (Å²) in [6, 6.07) is 0. The van der Waals surface area contributed by atoms with Crippen LogP contribution >= 0.6 is 0 Å². The molecule has 0 aromatic carbocycles. The van der Waals surface area contributed by atoms with Gasteiger partial charge in [-0.2, -0.15) is 0 Å². The first-order valence-electron chi connectivity index (χ1n) is 17.7. The predicted octanol–water partition coefficient (Wildman–Crippen LogP) is 3.90. The molecular formula is C39H86O15. The minimum Gasteiger partial charge on any atom is -0.394 e. The number of ether oxygens (including phenoxy) is 11. The van der Waals surface area contributed by atoms with Crippen LogP contribution < -0.4 is 0 Å². The van der Waals surface area contributed by atoms with Crippen molar-refractivity contribution in [3.63, 3.8) is 0 Å². The molecule has 15 nitrogen and oxygen atoms in total. The third kappa shape index (κ3) is 34.4. The lowest BCUT2D eigenvalue weighted by Crippen LogP contribution is -2.30. The lowest BCUT2D eigenvalue weighted by atomic mass is 9.97. The minimum atomic E-state index is -0.860. The van der Waals surface area contributed by atoms with Crippen LogP contribution in [0.5, 0.6) is 0 Å². The highest BCUT2D eigenvalue weighted by Crippen LogP contribution is 2.22. The molecule has 0 aromatic rings. The van der Waals surface area contributed by atoms with Crippen molar-refractivity contribution in [1.29, 1.82) is 0 Å². The Kier molecular flexibility index (Phi) is 45.0. The smallest absolute Gasteiger partial charge is 0.163 e. The van der Waals surface area contributed by atoms with Crippen molar-refractivity contribution in [2.45, 2.75) is 121 Å². The molecule has 0 amide bonds. The van der Waals surface area contributed by atoms with Gasteiger partial charge in [0.2, 0.25) is 0 Å². The first-order valence-corrected chi connectivity index (χ1v) is 17.7. The van der Waals surface area contributed by atoms with E-state index in [0.29, 0.717) is 85.9 Å².